The molecule has 2 amide bonds. The molecule has 1 aromatic rings. The number of amides is 2. The summed E-state index contributed by atoms with van der Waals surface area (Å²) in [5.74, 6) is -0.320. The summed E-state index contributed by atoms with van der Waals surface area (Å²) in [7, 11) is 0. The van der Waals surface area contributed by atoms with Crippen molar-refractivity contribution in [3.05, 3.63) is 29.3 Å². The average Bonchev–Trinajstić information content (AvgIpc) is 3.00. The van der Waals surface area contributed by atoms with Crippen LogP contribution >= 0.6 is 0 Å². The number of carbonyl (C=O) groups is 1. The van der Waals surface area contributed by atoms with Crippen LogP contribution in [0.3, 0.4) is 0 Å². The lowest BCUT2D eigenvalue weighted by Gasteiger charge is -2.48. The highest BCUT2D eigenvalue weighted by atomic mass is 16.7. The van der Waals surface area contributed by atoms with Crippen LogP contribution in [-0.2, 0) is 9.47 Å². The van der Waals surface area contributed by atoms with Crippen LogP contribution in [0.25, 0.3) is 0 Å². The van der Waals surface area contributed by atoms with E-state index in [2.05, 4.69) is 10.2 Å². The highest BCUT2D eigenvalue weighted by Crippen LogP contribution is 2.33. The van der Waals surface area contributed by atoms with Crippen molar-refractivity contribution in [3.8, 4) is 0 Å². The van der Waals surface area contributed by atoms with Gasteiger partial charge in [0.1, 0.15) is 0 Å². The molecule has 136 valence electrons. The van der Waals surface area contributed by atoms with Gasteiger partial charge in [0.25, 0.3) is 0 Å². The summed E-state index contributed by atoms with van der Waals surface area (Å²) < 4.78 is 11.6. The van der Waals surface area contributed by atoms with Gasteiger partial charge in [-0.1, -0.05) is 18.2 Å². The van der Waals surface area contributed by atoms with Gasteiger partial charge in [-0.05, 0) is 25.0 Å². The van der Waals surface area contributed by atoms with Gasteiger partial charge in [-0.2, -0.15) is 0 Å². The summed E-state index contributed by atoms with van der Waals surface area (Å²) in [6.07, 6.45) is 1.86. The minimum absolute atomic E-state index is 0.00425. The van der Waals surface area contributed by atoms with Crippen molar-refractivity contribution in [1.29, 1.82) is 0 Å². The van der Waals surface area contributed by atoms with Gasteiger partial charge in [-0.25, -0.2) is 4.79 Å². The second-order valence-corrected chi connectivity index (χ2v) is 7.40. The first-order valence-corrected chi connectivity index (χ1v) is 9.20. The van der Waals surface area contributed by atoms with Crippen molar-refractivity contribution in [1.82, 2.24) is 9.80 Å². The number of anilines is 1. The maximum Gasteiger partial charge on any atom is 0.321 e. The number of likely N-dealkylation sites (tertiary alicyclic amines) is 2. The molecule has 25 heavy (non-hydrogen) atoms. The number of nitrogens with zero attached hydrogens (tertiary/aromatic N) is 2. The molecule has 1 N–H and O–H groups in total. The first-order valence-electron chi connectivity index (χ1n) is 9.20. The van der Waals surface area contributed by atoms with Crippen LogP contribution in [0.5, 0.6) is 0 Å². The maximum atomic E-state index is 12.5. The van der Waals surface area contributed by atoms with Crippen molar-refractivity contribution < 1.29 is 14.3 Å². The van der Waals surface area contributed by atoms with E-state index in [1.807, 2.05) is 36.9 Å². The Morgan fingerprint density at radius 3 is 2.32 bits per heavy atom. The van der Waals surface area contributed by atoms with Gasteiger partial charge in [-0.15, -0.1) is 0 Å². The first kappa shape index (κ1) is 16.8. The summed E-state index contributed by atoms with van der Waals surface area (Å²) in [5.41, 5.74) is 3.14. The van der Waals surface area contributed by atoms with Gasteiger partial charge in [0.15, 0.2) is 5.79 Å². The number of piperidine rings is 1. The fourth-order valence-electron chi connectivity index (χ4n) is 4.07. The number of para-hydroxylation sites is 1. The molecular weight excluding hydrogens is 318 g/mol. The third-order valence-electron chi connectivity index (χ3n) is 5.75. The third-order valence-corrected chi connectivity index (χ3v) is 5.75. The molecule has 3 aliphatic rings. The Labute approximate surface area is 149 Å². The lowest BCUT2D eigenvalue weighted by atomic mass is 9.99. The fraction of sp³-hybridized carbons (Fsp3) is 0.632. The molecular formula is C19H27N3O3. The van der Waals surface area contributed by atoms with Crippen LogP contribution < -0.4 is 5.32 Å². The van der Waals surface area contributed by atoms with Crippen LogP contribution in [0, 0.1) is 13.8 Å². The number of aryl methyl sites for hydroxylation is 2. The Morgan fingerprint density at radius 2 is 1.72 bits per heavy atom. The number of rotatable bonds is 2. The molecule has 3 fully saturated rings. The molecule has 0 aliphatic carbocycles. The van der Waals surface area contributed by atoms with Gasteiger partial charge in [0, 0.05) is 50.7 Å². The van der Waals surface area contributed by atoms with Crippen molar-refractivity contribution in [3.63, 3.8) is 0 Å². The number of nitrogens with one attached hydrogen (secondary N) is 1. The molecule has 6 nitrogen and oxygen atoms in total. The van der Waals surface area contributed by atoms with Crippen LogP contribution in [0.2, 0.25) is 0 Å². The third kappa shape index (κ3) is 3.26. The van der Waals surface area contributed by atoms with Gasteiger partial charge >= 0.3 is 6.03 Å². The van der Waals surface area contributed by atoms with E-state index >= 15 is 0 Å². The lowest BCUT2D eigenvalue weighted by Crippen LogP contribution is -2.64. The molecule has 0 aromatic heterocycles. The maximum absolute atomic E-state index is 12.5. The molecule has 3 heterocycles. The summed E-state index contributed by atoms with van der Waals surface area (Å²) >= 11 is 0. The molecule has 0 atom stereocenters. The van der Waals surface area contributed by atoms with Gasteiger partial charge in [0.2, 0.25) is 0 Å². The van der Waals surface area contributed by atoms with Gasteiger partial charge < -0.3 is 19.7 Å². The molecule has 0 unspecified atom stereocenters. The fourth-order valence-corrected chi connectivity index (χ4v) is 4.07. The standard InChI is InChI=1S/C19H27N3O3/c1-14-4-3-5-15(2)17(14)20-18(23)22-12-16(13-22)21-8-6-19(7-9-21)24-10-11-25-19/h3-5,16H,6-13H2,1-2H3,(H,20,23). The van der Waals surface area contributed by atoms with E-state index in [-0.39, 0.29) is 11.8 Å². The van der Waals surface area contributed by atoms with Crippen molar-refractivity contribution >= 4 is 11.7 Å². The quantitative estimate of drug-likeness (QED) is 0.894. The van der Waals surface area contributed by atoms with E-state index in [0.717, 1.165) is 69.0 Å². The van der Waals surface area contributed by atoms with E-state index in [1.165, 1.54) is 0 Å². The van der Waals surface area contributed by atoms with Crippen molar-refractivity contribution in [2.24, 2.45) is 0 Å². The van der Waals surface area contributed by atoms with Crippen LogP contribution in [0.15, 0.2) is 18.2 Å². The van der Waals surface area contributed by atoms with Crippen molar-refractivity contribution in [2.45, 2.75) is 38.5 Å². The van der Waals surface area contributed by atoms with E-state index in [0.29, 0.717) is 6.04 Å². The predicted octanol–water partition coefficient (Wildman–Crippen LogP) is 2.36. The summed E-state index contributed by atoms with van der Waals surface area (Å²) in [6.45, 7) is 9.05. The smallest absolute Gasteiger partial charge is 0.321 e. The molecule has 0 saturated carbocycles. The molecule has 0 radical (unpaired) electrons. The normalized spacial score (nSPS) is 23.7. The van der Waals surface area contributed by atoms with Gasteiger partial charge in [0.05, 0.1) is 13.2 Å². The largest absolute Gasteiger partial charge is 0.347 e. The zero-order valence-electron chi connectivity index (χ0n) is 15.1. The number of ether oxygens (including phenoxy) is 2. The van der Waals surface area contributed by atoms with Crippen LogP contribution in [-0.4, -0.2) is 67.1 Å². The SMILES string of the molecule is Cc1cccc(C)c1NC(=O)N1CC(N2CCC3(CC2)OCCO3)C1. The number of urea groups is 1. The highest BCUT2D eigenvalue weighted by Gasteiger charge is 2.43. The molecule has 4 rings (SSSR count). The number of benzene rings is 1. The lowest BCUT2D eigenvalue weighted by molar-refractivity contribution is -0.190. The summed E-state index contributed by atoms with van der Waals surface area (Å²) in [6, 6.07) is 6.53. The van der Waals surface area contributed by atoms with Crippen LogP contribution in [0.4, 0.5) is 10.5 Å². The molecule has 3 saturated heterocycles. The van der Waals surface area contributed by atoms with Crippen molar-refractivity contribution in [2.75, 3.05) is 44.7 Å². The van der Waals surface area contributed by atoms with E-state index in [4.69, 9.17) is 9.47 Å². The van der Waals surface area contributed by atoms with E-state index < -0.39 is 0 Å². The van der Waals surface area contributed by atoms with Crippen LogP contribution in [0.1, 0.15) is 24.0 Å². The second kappa shape index (κ2) is 6.59. The second-order valence-electron chi connectivity index (χ2n) is 7.40. The minimum Gasteiger partial charge on any atom is -0.347 e. The van der Waals surface area contributed by atoms with Gasteiger partial charge in [-0.3, -0.25) is 4.90 Å². The molecule has 6 heteroatoms. The molecule has 0 bridgehead atoms. The topological polar surface area (TPSA) is 54.0 Å². The Bertz CT molecular complexity index is 621. The zero-order chi connectivity index (χ0) is 17.4. The van der Waals surface area contributed by atoms with E-state index in [1.54, 1.807) is 0 Å². The number of hydrogen-bond donors (Lipinski definition) is 1. The Hall–Kier alpha value is -1.63. The number of carbonyl (C=O) groups excluding carboxylic acids is 1. The zero-order valence-corrected chi connectivity index (χ0v) is 15.1. The Kier molecular flexibility index (Phi) is 4.43. The summed E-state index contributed by atoms with van der Waals surface area (Å²) in [4.78, 5) is 16.9. The first-order chi connectivity index (χ1) is 12.1. The number of hydrogen-bond acceptors (Lipinski definition) is 4. The minimum atomic E-state index is -0.320. The Balaban J connectivity index is 1.27. The van der Waals surface area contributed by atoms with E-state index in [9.17, 15) is 4.79 Å². The summed E-state index contributed by atoms with van der Waals surface area (Å²) in [5, 5.41) is 3.07. The highest BCUT2D eigenvalue weighted by molar-refractivity contribution is 5.91. The monoisotopic (exact) mass is 345 g/mol. The average molecular weight is 345 g/mol. The predicted molar refractivity (Wildman–Crippen MR) is 95.7 cm³/mol. The molecule has 3 aliphatic heterocycles. The Morgan fingerprint density at radius 1 is 1.12 bits per heavy atom. The molecule has 1 aromatic carbocycles. The molecule has 1 spiro atoms.